The zero-order chi connectivity index (χ0) is 10.5. The van der Waals surface area contributed by atoms with Crippen molar-refractivity contribution in [1.29, 1.82) is 0 Å². The molecule has 1 amide bonds. The lowest BCUT2D eigenvalue weighted by Gasteiger charge is -2.04. The van der Waals surface area contributed by atoms with Gasteiger partial charge in [-0.3, -0.25) is 9.78 Å². The summed E-state index contributed by atoms with van der Waals surface area (Å²) in [6, 6.07) is 4.30. The van der Waals surface area contributed by atoms with E-state index in [0.717, 1.165) is 12.2 Å². The highest BCUT2D eigenvalue weighted by molar-refractivity contribution is 5.90. The van der Waals surface area contributed by atoms with Crippen molar-refractivity contribution < 1.29 is 4.79 Å². The number of carbonyl (C=O) groups excluding carboxylic acids is 1. The molecule has 1 saturated carbocycles. The van der Waals surface area contributed by atoms with Crippen LogP contribution < -0.4 is 10.6 Å². The van der Waals surface area contributed by atoms with E-state index in [4.69, 9.17) is 0 Å². The van der Waals surface area contributed by atoms with Crippen LogP contribution in [0.2, 0.25) is 0 Å². The number of aromatic nitrogens is 1. The number of anilines is 1. The van der Waals surface area contributed by atoms with E-state index >= 15 is 0 Å². The largest absolute Gasteiger partial charge is 0.325 e. The van der Waals surface area contributed by atoms with Gasteiger partial charge in [0.05, 0.1) is 11.9 Å². The SMILES string of the molecule is O=C(CCNC1CC1)Nc1cccnc1. The predicted molar refractivity (Wildman–Crippen MR) is 58.5 cm³/mol. The van der Waals surface area contributed by atoms with Crippen LogP contribution in [0, 0.1) is 0 Å². The molecule has 0 atom stereocenters. The minimum atomic E-state index is 0.0381. The molecule has 0 spiro atoms. The van der Waals surface area contributed by atoms with Gasteiger partial charge in [0.1, 0.15) is 0 Å². The Bertz CT molecular complexity index is 322. The molecule has 0 aromatic carbocycles. The molecule has 80 valence electrons. The van der Waals surface area contributed by atoms with Crippen molar-refractivity contribution in [3.05, 3.63) is 24.5 Å². The fourth-order valence-corrected chi connectivity index (χ4v) is 1.34. The summed E-state index contributed by atoms with van der Waals surface area (Å²) in [4.78, 5) is 15.4. The van der Waals surface area contributed by atoms with Crippen LogP contribution in [0.15, 0.2) is 24.5 Å². The lowest BCUT2D eigenvalue weighted by atomic mass is 10.3. The Morgan fingerprint density at radius 1 is 1.53 bits per heavy atom. The summed E-state index contributed by atoms with van der Waals surface area (Å²) in [5.41, 5.74) is 0.758. The number of nitrogens with one attached hydrogen (secondary N) is 2. The van der Waals surface area contributed by atoms with E-state index in [0.29, 0.717) is 12.5 Å². The van der Waals surface area contributed by atoms with E-state index in [1.807, 2.05) is 6.07 Å². The van der Waals surface area contributed by atoms with Crippen LogP contribution in [-0.2, 0) is 4.79 Å². The second kappa shape index (κ2) is 4.89. The van der Waals surface area contributed by atoms with Crippen molar-refractivity contribution in [1.82, 2.24) is 10.3 Å². The lowest BCUT2D eigenvalue weighted by Crippen LogP contribution is -2.23. The summed E-state index contributed by atoms with van der Waals surface area (Å²) in [6.45, 7) is 0.761. The molecule has 0 bridgehead atoms. The molecule has 2 N–H and O–H groups in total. The number of nitrogens with zero attached hydrogens (tertiary/aromatic N) is 1. The average Bonchev–Trinajstić information content (AvgIpc) is 3.03. The molecule has 0 unspecified atom stereocenters. The van der Waals surface area contributed by atoms with Gasteiger partial charge >= 0.3 is 0 Å². The topological polar surface area (TPSA) is 54.0 Å². The molecule has 0 saturated heterocycles. The molecule has 1 aromatic rings. The zero-order valence-electron chi connectivity index (χ0n) is 8.57. The third-order valence-electron chi connectivity index (χ3n) is 2.31. The Morgan fingerprint density at radius 2 is 2.40 bits per heavy atom. The fraction of sp³-hybridized carbons (Fsp3) is 0.455. The first kappa shape index (κ1) is 10.1. The fourth-order valence-electron chi connectivity index (χ4n) is 1.34. The number of hydrogen-bond acceptors (Lipinski definition) is 3. The summed E-state index contributed by atoms with van der Waals surface area (Å²) in [5, 5.41) is 6.09. The minimum Gasteiger partial charge on any atom is -0.325 e. The van der Waals surface area contributed by atoms with Gasteiger partial charge in [-0.25, -0.2) is 0 Å². The predicted octanol–water partition coefficient (Wildman–Crippen LogP) is 1.16. The van der Waals surface area contributed by atoms with Crippen molar-refractivity contribution in [2.24, 2.45) is 0 Å². The quantitative estimate of drug-likeness (QED) is 0.758. The normalized spacial score (nSPS) is 14.9. The minimum absolute atomic E-state index is 0.0381. The molecule has 1 aromatic heterocycles. The number of carbonyl (C=O) groups is 1. The van der Waals surface area contributed by atoms with Crippen molar-refractivity contribution >= 4 is 11.6 Å². The maximum Gasteiger partial charge on any atom is 0.225 e. The van der Waals surface area contributed by atoms with Crippen LogP contribution in [0.3, 0.4) is 0 Å². The lowest BCUT2D eigenvalue weighted by molar-refractivity contribution is -0.116. The van der Waals surface area contributed by atoms with Gasteiger partial charge in [-0.15, -0.1) is 0 Å². The van der Waals surface area contributed by atoms with Crippen molar-refractivity contribution in [2.75, 3.05) is 11.9 Å². The molecule has 4 heteroatoms. The molecule has 0 aliphatic heterocycles. The second-order valence-corrected chi connectivity index (χ2v) is 3.77. The van der Waals surface area contributed by atoms with Crippen molar-refractivity contribution in [3.8, 4) is 0 Å². The highest BCUT2D eigenvalue weighted by Gasteiger charge is 2.19. The second-order valence-electron chi connectivity index (χ2n) is 3.77. The van der Waals surface area contributed by atoms with Crippen molar-refractivity contribution in [3.63, 3.8) is 0 Å². The Hall–Kier alpha value is -1.42. The van der Waals surface area contributed by atoms with Crippen LogP contribution in [0.1, 0.15) is 19.3 Å². The van der Waals surface area contributed by atoms with Crippen molar-refractivity contribution in [2.45, 2.75) is 25.3 Å². The van der Waals surface area contributed by atoms with Gasteiger partial charge in [0.25, 0.3) is 0 Å². The van der Waals surface area contributed by atoms with E-state index in [2.05, 4.69) is 15.6 Å². The zero-order valence-corrected chi connectivity index (χ0v) is 8.57. The van der Waals surface area contributed by atoms with Crippen LogP contribution in [0.5, 0.6) is 0 Å². The summed E-state index contributed by atoms with van der Waals surface area (Å²) in [5.74, 6) is 0.0381. The van der Waals surface area contributed by atoms with Gasteiger partial charge in [-0.2, -0.15) is 0 Å². The highest BCUT2D eigenvalue weighted by Crippen LogP contribution is 2.18. The van der Waals surface area contributed by atoms with Crippen LogP contribution >= 0.6 is 0 Å². The summed E-state index contributed by atoms with van der Waals surface area (Å²) in [7, 11) is 0. The monoisotopic (exact) mass is 205 g/mol. The van der Waals surface area contributed by atoms with Gasteiger partial charge in [-0.1, -0.05) is 0 Å². The Balaban J connectivity index is 1.67. The first-order valence-corrected chi connectivity index (χ1v) is 5.28. The molecular formula is C11H15N3O. The van der Waals surface area contributed by atoms with Gasteiger partial charge in [0, 0.05) is 25.2 Å². The molecule has 1 fully saturated rings. The van der Waals surface area contributed by atoms with Gasteiger partial charge < -0.3 is 10.6 Å². The molecular weight excluding hydrogens is 190 g/mol. The highest BCUT2D eigenvalue weighted by atomic mass is 16.1. The molecule has 2 rings (SSSR count). The number of pyridine rings is 1. The maximum absolute atomic E-state index is 11.4. The van der Waals surface area contributed by atoms with Crippen LogP contribution in [-0.4, -0.2) is 23.5 Å². The third kappa shape index (κ3) is 3.67. The van der Waals surface area contributed by atoms with E-state index in [1.165, 1.54) is 12.8 Å². The van der Waals surface area contributed by atoms with Gasteiger partial charge in [0.2, 0.25) is 5.91 Å². The molecule has 15 heavy (non-hydrogen) atoms. The summed E-state index contributed by atoms with van der Waals surface area (Å²) >= 11 is 0. The Kier molecular flexibility index (Phi) is 3.29. The first-order chi connectivity index (χ1) is 7.34. The van der Waals surface area contributed by atoms with Gasteiger partial charge in [-0.05, 0) is 25.0 Å². The molecule has 0 radical (unpaired) electrons. The van der Waals surface area contributed by atoms with E-state index in [-0.39, 0.29) is 5.91 Å². The number of rotatable bonds is 5. The van der Waals surface area contributed by atoms with Gasteiger partial charge in [0.15, 0.2) is 0 Å². The van der Waals surface area contributed by atoms with Crippen LogP contribution in [0.25, 0.3) is 0 Å². The number of hydrogen-bond donors (Lipinski definition) is 2. The smallest absolute Gasteiger partial charge is 0.225 e. The molecule has 1 heterocycles. The number of amides is 1. The summed E-state index contributed by atoms with van der Waals surface area (Å²) < 4.78 is 0. The van der Waals surface area contributed by atoms with E-state index in [1.54, 1.807) is 18.5 Å². The molecule has 1 aliphatic rings. The van der Waals surface area contributed by atoms with Crippen LogP contribution in [0.4, 0.5) is 5.69 Å². The summed E-state index contributed by atoms with van der Waals surface area (Å²) in [6.07, 6.45) is 6.36. The first-order valence-electron chi connectivity index (χ1n) is 5.28. The molecule has 1 aliphatic carbocycles. The van der Waals surface area contributed by atoms with E-state index < -0.39 is 0 Å². The molecule has 4 nitrogen and oxygen atoms in total. The third-order valence-corrected chi connectivity index (χ3v) is 2.31. The Labute approximate surface area is 89.1 Å². The standard InChI is InChI=1S/C11H15N3O/c15-11(5-7-13-9-3-4-9)14-10-2-1-6-12-8-10/h1-2,6,8-9,13H,3-5,7H2,(H,14,15). The average molecular weight is 205 g/mol. The Morgan fingerprint density at radius 3 is 3.07 bits per heavy atom. The maximum atomic E-state index is 11.4. The van der Waals surface area contributed by atoms with E-state index in [9.17, 15) is 4.79 Å².